The molecule has 3 rings (SSSR count). The average Bonchev–Trinajstić information content (AvgIpc) is 2.85. The first-order valence-corrected chi connectivity index (χ1v) is 13.5. The highest BCUT2D eigenvalue weighted by molar-refractivity contribution is 6.30. The van der Waals surface area contributed by atoms with E-state index in [2.05, 4.69) is 17.4 Å². The van der Waals surface area contributed by atoms with E-state index >= 15 is 0 Å². The topological polar surface area (TPSA) is 75.7 Å². The van der Waals surface area contributed by atoms with E-state index in [4.69, 9.17) is 16.3 Å². The van der Waals surface area contributed by atoms with Crippen molar-refractivity contribution in [3.05, 3.63) is 70.2 Å². The Morgan fingerprint density at radius 2 is 1.65 bits per heavy atom. The Hall–Kier alpha value is -2.86. The van der Waals surface area contributed by atoms with Crippen molar-refractivity contribution in [2.45, 2.75) is 77.9 Å². The number of piperidine rings is 1. The Balaban J connectivity index is 1.62. The van der Waals surface area contributed by atoms with E-state index in [0.717, 1.165) is 23.4 Å². The smallest absolute Gasteiger partial charge is 0.306 e. The maximum atomic E-state index is 13.5. The summed E-state index contributed by atoms with van der Waals surface area (Å²) < 4.78 is 5.40. The zero-order valence-corrected chi connectivity index (χ0v) is 23.3. The summed E-state index contributed by atoms with van der Waals surface area (Å²) >= 11 is 6.02. The number of ether oxygens (including phenoxy) is 1. The van der Waals surface area contributed by atoms with Crippen LogP contribution in [-0.4, -0.2) is 47.4 Å². The predicted octanol–water partition coefficient (Wildman–Crippen LogP) is 5.77. The first-order valence-electron chi connectivity index (χ1n) is 13.1. The molecule has 1 saturated heterocycles. The van der Waals surface area contributed by atoms with Crippen LogP contribution >= 0.6 is 11.6 Å². The van der Waals surface area contributed by atoms with Crippen molar-refractivity contribution in [1.29, 1.82) is 0 Å². The fourth-order valence-corrected chi connectivity index (χ4v) is 4.81. The number of nitrogens with zero attached hydrogens (tertiary/aromatic N) is 1. The molecule has 1 aliphatic heterocycles. The monoisotopic (exact) mass is 526 g/mol. The maximum Gasteiger partial charge on any atom is 0.306 e. The van der Waals surface area contributed by atoms with Crippen LogP contribution in [-0.2, 0) is 20.7 Å². The summed E-state index contributed by atoms with van der Waals surface area (Å²) in [7, 11) is 0. The summed E-state index contributed by atoms with van der Waals surface area (Å²) in [5, 5.41) is 3.70. The first kappa shape index (κ1) is 28.7. The SMILES string of the molecule is CC(C)[C@@H](NC(=O)c1ccccc1CCC(=O)OC(C)(C)C)C(=O)N1CCC(c2ccc(Cl)cc2)CC1. The van der Waals surface area contributed by atoms with Crippen molar-refractivity contribution in [3.8, 4) is 0 Å². The second-order valence-electron chi connectivity index (χ2n) is 11.1. The number of rotatable bonds is 8. The van der Waals surface area contributed by atoms with Gasteiger partial charge in [-0.25, -0.2) is 0 Å². The Labute approximate surface area is 225 Å². The fourth-order valence-electron chi connectivity index (χ4n) is 4.69. The van der Waals surface area contributed by atoms with E-state index in [-0.39, 0.29) is 30.1 Å². The van der Waals surface area contributed by atoms with Crippen molar-refractivity contribution in [1.82, 2.24) is 10.2 Å². The van der Waals surface area contributed by atoms with Gasteiger partial charge in [-0.1, -0.05) is 55.8 Å². The van der Waals surface area contributed by atoms with Crippen LogP contribution in [0, 0.1) is 5.92 Å². The maximum absolute atomic E-state index is 13.5. The number of esters is 1. The zero-order valence-electron chi connectivity index (χ0n) is 22.6. The highest BCUT2D eigenvalue weighted by Gasteiger charge is 2.32. The van der Waals surface area contributed by atoms with Crippen LogP contribution in [0.1, 0.15) is 81.3 Å². The molecule has 1 atom stereocenters. The van der Waals surface area contributed by atoms with E-state index in [1.54, 1.807) is 12.1 Å². The van der Waals surface area contributed by atoms with Crippen LogP contribution in [0.2, 0.25) is 5.02 Å². The molecule has 1 heterocycles. The molecule has 200 valence electrons. The van der Waals surface area contributed by atoms with Crippen LogP contribution in [0.3, 0.4) is 0 Å². The van der Waals surface area contributed by atoms with Crippen molar-refractivity contribution < 1.29 is 19.1 Å². The molecule has 0 bridgehead atoms. The molecule has 0 saturated carbocycles. The van der Waals surface area contributed by atoms with Gasteiger partial charge in [0.15, 0.2) is 0 Å². The summed E-state index contributed by atoms with van der Waals surface area (Å²) in [6.45, 7) is 10.7. The number of nitrogens with one attached hydrogen (secondary N) is 1. The third-order valence-electron chi connectivity index (χ3n) is 6.65. The molecular weight excluding hydrogens is 488 g/mol. The molecule has 7 heteroatoms. The number of halogens is 1. The number of hydrogen-bond acceptors (Lipinski definition) is 4. The van der Waals surface area contributed by atoms with Gasteiger partial charge in [0, 0.05) is 30.1 Å². The van der Waals surface area contributed by atoms with E-state index in [9.17, 15) is 14.4 Å². The van der Waals surface area contributed by atoms with Crippen LogP contribution < -0.4 is 5.32 Å². The number of benzene rings is 2. The molecule has 1 N–H and O–H groups in total. The Bertz CT molecular complexity index is 1080. The van der Waals surface area contributed by atoms with Crippen LogP contribution in [0.5, 0.6) is 0 Å². The van der Waals surface area contributed by atoms with Gasteiger partial charge in [0.05, 0.1) is 0 Å². The highest BCUT2D eigenvalue weighted by atomic mass is 35.5. The summed E-state index contributed by atoms with van der Waals surface area (Å²) in [5.74, 6) is -0.336. The number of carbonyl (C=O) groups excluding carboxylic acids is 3. The van der Waals surface area contributed by atoms with Crippen LogP contribution in [0.15, 0.2) is 48.5 Å². The molecule has 2 aromatic carbocycles. The number of carbonyl (C=O) groups is 3. The first-order chi connectivity index (χ1) is 17.4. The van der Waals surface area contributed by atoms with Gasteiger partial charge < -0.3 is 15.0 Å². The van der Waals surface area contributed by atoms with Crippen molar-refractivity contribution in [3.63, 3.8) is 0 Å². The molecule has 1 aliphatic rings. The minimum Gasteiger partial charge on any atom is -0.460 e. The summed E-state index contributed by atoms with van der Waals surface area (Å²) in [6.07, 6.45) is 2.31. The number of aryl methyl sites for hydroxylation is 1. The summed E-state index contributed by atoms with van der Waals surface area (Å²) in [6, 6.07) is 14.5. The standard InChI is InChI=1S/C30H39ClN2O4/c1-20(2)27(29(36)33-18-16-22(17-19-33)21-10-13-24(31)14-11-21)32-28(35)25-9-7-6-8-23(25)12-15-26(34)37-30(3,4)5/h6-11,13-14,20,22,27H,12,15-19H2,1-5H3,(H,32,35)/t27-/m1/s1. The molecule has 0 aromatic heterocycles. The van der Waals surface area contributed by atoms with Gasteiger partial charge in [-0.15, -0.1) is 0 Å². The van der Waals surface area contributed by atoms with E-state index in [1.807, 2.05) is 63.8 Å². The lowest BCUT2D eigenvalue weighted by Crippen LogP contribution is -2.53. The predicted molar refractivity (Wildman–Crippen MR) is 147 cm³/mol. The molecule has 1 fully saturated rings. The normalized spacial score (nSPS) is 15.4. The Morgan fingerprint density at radius 1 is 1.03 bits per heavy atom. The lowest BCUT2D eigenvalue weighted by Gasteiger charge is -2.35. The summed E-state index contributed by atoms with van der Waals surface area (Å²) in [4.78, 5) is 40.8. The van der Waals surface area contributed by atoms with Gasteiger partial charge in [0.25, 0.3) is 5.91 Å². The number of likely N-dealkylation sites (tertiary alicyclic amines) is 1. The molecular formula is C30H39ClN2O4. The Morgan fingerprint density at radius 3 is 2.24 bits per heavy atom. The second-order valence-corrected chi connectivity index (χ2v) is 11.5. The van der Waals surface area contributed by atoms with Crippen molar-refractivity contribution in [2.75, 3.05) is 13.1 Å². The zero-order chi connectivity index (χ0) is 27.2. The van der Waals surface area contributed by atoms with Gasteiger partial charge in [-0.3, -0.25) is 14.4 Å². The molecule has 0 unspecified atom stereocenters. The molecule has 6 nitrogen and oxygen atoms in total. The average molecular weight is 527 g/mol. The van der Waals surface area contributed by atoms with Gasteiger partial charge >= 0.3 is 5.97 Å². The lowest BCUT2D eigenvalue weighted by atomic mass is 9.89. The minimum absolute atomic E-state index is 0.0517. The molecule has 37 heavy (non-hydrogen) atoms. The van der Waals surface area contributed by atoms with Crippen molar-refractivity contribution in [2.24, 2.45) is 5.92 Å². The molecule has 0 spiro atoms. The van der Waals surface area contributed by atoms with Gasteiger partial charge in [0.1, 0.15) is 11.6 Å². The van der Waals surface area contributed by atoms with Gasteiger partial charge in [-0.05, 0) is 81.2 Å². The summed E-state index contributed by atoms with van der Waals surface area (Å²) in [5.41, 5.74) is 1.92. The molecule has 0 aliphatic carbocycles. The Kier molecular flexibility index (Phi) is 9.77. The van der Waals surface area contributed by atoms with E-state index < -0.39 is 11.6 Å². The molecule has 0 radical (unpaired) electrons. The van der Waals surface area contributed by atoms with Crippen LogP contribution in [0.4, 0.5) is 0 Å². The van der Waals surface area contributed by atoms with E-state index in [0.29, 0.717) is 31.0 Å². The van der Waals surface area contributed by atoms with Gasteiger partial charge in [0.2, 0.25) is 5.91 Å². The third kappa shape index (κ3) is 8.32. The fraction of sp³-hybridized carbons (Fsp3) is 0.500. The number of amides is 2. The van der Waals surface area contributed by atoms with Crippen molar-refractivity contribution >= 4 is 29.4 Å². The quantitative estimate of drug-likeness (QED) is 0.443. The molecule has 2 aromatic rings. The number of hydrogen-bond donors (Lipinski definition) is 1. The lowest BCUT2D eigenvalue weighted by molar-refractivity contribution is -0.154. The van der Waals surface area contributed by atoms with E-state index in [1.165, 1.54) is 5.56 Å². The van der Waals surface area contributed by atoms with Gasteiger partial charge in [-0.2, -0.15) is 0 Å². The second kappa shape index (κ2) is 12.6. The largest absolute Gasteiger partial charge is 0.460 e. The minimum atomic E-state index is -0.626. The highest BCUT2D eigenvalue weighted by Crippen LogP contribution is 2.29. The third-order valence-corrected chi connectivity index (χ3v) is 6.90. The van der Waals surface area contributed by atoms with Crippen LogP contribution in [0.25, 0.3) is 0 Å². The molecule has 2 amide bonds.